The van der Waals surface area contributed by atoms with Crippen molar-refractivity contribution < 1.29 is 9.59 Å². The van der Waals surface area contributed by atoms with E-state index in [1.165, 1.54) is 15.8 Å². The number of aromatic nitrogens is 2. The van der Waals surface area contributed by atoms with Gasteiger partial charge in [0.2, 0.25) is 5.91 Å². The van der Waals surface area contributed by atoms with Crippen LogP contribution in [0.2, 0.25) is 0 Å². The molecule has 3 heterocycles. The van der Waals surface area contributed by atoms with E-state index in [1.54, 1.807) is 20.2 Å². The Morgan fingerprint density at radius 3 is 2.87 bits per heavy atom. The predicted molar refractivity (Wildman–Crippen MR) is 117 cm³/mol. The number of hydrogen-bond acceptors (Lipinski definition) is 4. The van der Waals surface area contributed by atoms with Gasteiger partial charge in [0, 0.05) is 62.8 Å². The molecule has 4 rings (SSSR count). The maximum atomic E-state index is 12.8. The lowest BCUT2D eigenvalue weighted by Crippen LogP contribution is -2.36. The number of benzene rings is 1. The summed E-state index contributed by atoms with van der Waals surface area (Å²) < 4.78 is 0. The zero-order valence-electron chi connectivity index (χ0n) is 17.4. The van der Waals surface area contributed by atoms with Crippen LogP contribution in [0.15, 0.2) is 36.5 Å². The molecule has 1 aliphatic heterocycles. The zero-order valence-corrected chi connectivity index (χ0v) is 17.4. The van der Waals surface area contributed by atoms with E-state index in [0.29, 0.717) is 31.5 Å². The fourth-order valence-corrected chi connectivity index (χ4v) is 4.04. The third-order valence-electron chi connectivity index (χ3n) is 5.70. The number of aryl methyl sites for hydroxylation is 1. The van der Waals surface area contributed by atoms with Crippen LogP contribution in [-0.2, 0) is 24.2 Å². The minimum atomic E-state index is -0.176. The number of nitrogen functional groups attached to an aromatic ring is 1. The smallest absolute Gasteiger partial charge is 0.257 e. The summed E-state index contributed by atoms with van der Waals surface area (Å²) in [5, 5.41) is 1.22. The van der Waals surface area contributed by atoms with Crippen molar-refractivity contribution in [2.75, 3.05) is 26.4 Å². The average molecular weight is 406 g/mol. The third kappa shape index (κ3) is 3.87. The van der Waals surface area contributed by atoms with Gasteiger partial charge in [0.05, 0.1) is 5.56 Å². The van der Waals surface area contributed by atoms with Crippen molar-refractivity contribution in [3.8, 4) is 0 Å². The first-order valence-electron chi connectivity index (χ1n) is 10.3. The van der Waals surface area contributed by atoms with Gasteiger partial charge in [-0.15, -0.1) is 0 Å². The number of aromatic amines is 1. The molecule has 0 radical (unpaired) electrons. The van der Waals surface area contributed by atoms with Crippen LogP contribution in [0, 0.1) is 0 Å². The van der Waals surface area contributed by atoms with E-state index in [1.807, 2.05) is 23.2 Å². The second-order valence-electron chi connectivity index (χ2n) is 8.00. The first kappa shape index (κ1) is 19.9. The Bertz CT molecular complexity index is 1100. The summed E-state index contributed by atoms with van der Waals surface area (Å²) in [6, 6.07) is 10.0. The summed E-state index contributed by atoms with van der Waals surface area (Å²) in [6.45, 7) is 1.11. The molecular formula is C23H27N5O2. The van der Waals surface area contributed by atoms with Crippen molar-refractivity contribution in [1.29, 1.82) is 0 Å². The van der Waals surface area contributed by atoms with Gasteiger partial charge in [-0.1, -0.05) is 18.2 Å². The Hall–Kier alpha value is -3.35. The Morgan fingerprint density at radius 2 is 2.07 bits per heavy atom. The number of amides is 2. The molecule has 0 aliphatic carbocycles. The molecule has 156 valence electrons. The molecule has 7 heteroatoms. The topological polar surface area (TPSA) is 95.3 Å². The molecule has 30 heavy (non-hydrogen) atoms. The van der Waals surface area contributed by atoms with E-state index in [9.17, 15) is 9.59 Å². The molecule has 2 amide bonds. The molecule has 7 nitrogen and oxygen atoms in total. The number of pyridine rings is 1. The molecule has 2 aromatic heterocycles. The number of rotatable bonds is 5. The lowest BCUT2D eigenvalue weighted by Gasteiger charge is -2.29. The maximum absolute atomic E-state index is 12.8. The van der Waals surface area contributed by atoms with Gasteiger partial charge in [-0.3, -0.25) is 9.59 Å². The molecule has 1 aromatic carbocycles. The molecule has 0 atom stereocenters. The highest BCUT2D eigenvalue weighted by atomic mass is 16.2. The van der Waals surface area contributed by atoms with E-state index in [2.05, 4.69) is 22.1 Å². The van der Waals surface area contributed by atoms with Crippen molar-refractivity contribution >= 4 is 28.5 Å². The van der Waals surface area contributed by atoms with Crippen LogP contribution in [0.5, 0.6) is 0 Å². The van der Waals surface area contributed by atoms with Crippen LogP contribution >= 0.6 is 0 Å². The van der Waals surface area contributed by atoms with Gasteiger partial charge < -0.3 is 20.5 Å². The van der Waals surface area contributed by atoms with Crippen LogP contribution < -0.4 is 5.73 Å². The number of carbonyl (C=O) groups excluding carboxylic acids is 2. The molecule has 0 unspecified atom stereocenters. The molecule has 3 aromatic rings. The van der Waals surface area contributed by atoms with E-state index in [-0.39, 0.29) is 17.6 Å². The molecule has 1 aliphatic rings. The number of para-hydroxylation sites is 1. The molecule has 0 fully saturated rings. The third-order valence-corrected chi connectivity index (χ3v) is 5.70. The van der Waals surface area contributed by atoms with E-state index >= 15 is 0 Å². The highest BCUT2D eigenvalue weighted by molar-refractivity contribution is 5.98. The van der Waals surface area contributed by atoms with Crippen LogP contribution in [0.3, 0.4) is 0 Å². The normalized spacial score (nSPS) is 13.3. The number of nitrogens with one attached hydrogen (secondary N) is 1. The first-order valence-corrected chi connectivity index (χ1v) is 10.3. The lowest BCUT2D eigenvalue weighted by molar-refractivity contribution is -0.132. The number of nitrogens with zero attached hydrogens (tertiary/aromatic N) is 3. The SMILES string of the molecule is CN(C)C(=O)c1cc2c(nc1N)CCN(C(=O)CCCc1c[nH]c3ccccc13)C2. The summed E-state index contributed by atoms with van der Waals surface area (Å²) in [5.41, 5.74) is 10.5. The van der Waals surface area contributed by atoms with Gasteiger partial charge in [0.1, 0.15) is 5.82 Å². The summed E-state index contributed by atoms with van der Waals surface area (Å²) in [7, 11) is 3.37. The van der Waals surface area contributed by atoms with E-state index < -0.39 is 0 Å². The fourth-order valence-electron chi connectivity index (χ4n) is 4.04. The monoisotopic (exact) mass is 405 g/mol. The van der Waals surface area contributed by atoms with Crippen molar-refractivity contribution in [2.45, 2.75) is 32.2 Å². The van der Waals surface area contributed by atoms with Crippen LogP contribution in [-0.4, -0.2) is 52.2 Å². The molecule has 0 bridgehead atoms. The summed E-state index contributed by atoms with van der Waals surface area (Å²) >= 11 is 0. The van der Waals surface area contributed by atoms with Crippen molar-refractivity contribution in [2.24, 2.45) is 0 Å². The second kappa shape index (κ2) is 8.18. The molecule has 0 spiro atoms. The fraction of sp³-hybridized carbons (Fsp3) is 0.348. The second-order valence-corrected chi connectivity index (χ2v) is 8.00. The quantitative estimate of drug-likeness (QED) is 0.682. The van der Waals surface area contributed by atoms with Crippen LogP contribution in [0.4, 0.5) is 5.82 Å². The highest BCUT2D eigenvalue weighted by Gasteiger charge is 2.24. The van der Waals surface area contributed by atoms with Gasteiger partial charge in [-0.25, -0.2) is 4.98 Å². The number of hydrogen-bond donors (Lipinski definition) is 2. The van der Waals surface area contributed by atoms with Crippen molar-refractivity contribution in [3.05, 3.63) is 58.9 Å². The average Bonchev–Trinajstić information content (AvgIpc) is 3.15. The van der Waals surface area contributed by atoms with Gasteiger partial charge in [-0.2, -0.15) is 0 Å². The van der Waals surface area contributed by atoms with Gasteiger partial charge in [0.25, 0.3) is 5.91 Å². The Kier molecular flexibility index (Phi) is 5.44. The number of nitrogens with two attached hydrogens (primary N) is 1. The van der Waals surface area contributed by atoms with Gasteiger partial charge in [-0.05, 0) is 36.1 Å². The van der Waals surface area contributed by atoms with Crippen LogP contribution in [0.1, 0.15) is 40.0 Å². The molecule has 0 saturated heterocycles. The number of carbonyl (C=O) groups is 2. The van der Waals surface area contributed by atoms with Crippen LogP contribution in [0.25, 0.3) is 10.9 Å². The molecule has 0 saturated carbocycles. The van der Waals surface area contributed by atoms with Crippen molar-refractivity contribution in [1.82, 2.24) is 19.8 Å². The van der Waals surface area contributed by atoms with E-state index in [0.717, 1.165) is 29.6 Å². The molecule has 3 N–H and O–H groups in total. The van der Waals surface area contributed by atoms with Crippen molar-refractivity contribution in [3.63, 3.8) is 0 Å². The maximum Gasteiger partial charge on any atom is 0.257 e. The highest BCUT2D eigenvalue weighted by Crippen LogP contribution is 2.24. The lowest BCUT2D eigenvalue weighted by atomic mass is 10.0. The standard InChI is InChI=1S/C23H27N5O2/c1-27(2)23(30)18-12-16-14-28(11-10-19(16)26-22(18)24)21(29)9-5-6-15-13-25-20-8-4-3-7-17(15)20/h3-4,7-8,12-13,25H,5-6,9-11,14H2,1-2H3,(H2,24,26). The summed E-state index contributed by atoms with van der Waals surface area (Å²) in [6.07, 6.45) is 4.85. The Morgan fingerprint density at radius 1 is 1.27 bits per heavy atom. The Balaban J connectivity index is 1.39. The minimum absolute atomic E-state index is 0.137. The minimum Gasteiger partial charge on any atom is -0.383 e. The number of anilines is 1. The first-order chi connectivity index (χ1) is 14.4. The van der Waals surface area contributed by atoms with E-state index in [4.69, 9.17) is 5.73 Å². The Labute approximate surface area is 175 Å². The predicted octanol–water partition coefficient (Wildman–Crippen LogP) is 2.75. The number of fused-ring (bicyclic) bond motifs is 2. The summed E-state index contributed by atoms with van der Waals surface area (Å²) in [4.78, 5) is 36.2. The van der Waals surface area contributed by atoms with Gasteiger partial charge in [0.15, 0.2) is 0 Å². The molecular weight excluding hydrogens is 378 g/mol. The number of H-pyrrole nitrogens is 1. The summed E-state index contributed by atoms with van der Waals surface area (Å²) in [5.74, 6) is 0.216. The zero-order chi connectivity index (χ0) is 21.3. The largest absolute Gasteiger partial charge is 0.383 e. The van der Waals surface area contributed by atoms with Gasteiger partial charge >= 0.3 is 0 Å².